The Bertz CT molecular complexity index is 401. The van der Waals surface area contributed by atoms with E-state index in [9.17, 15) is 4.79 Å². The Kier molecular flexibility index (Phi) is 5.27. The molecule has 0 amide bonds. The largest absolute Gasteiger partial charge is 0.461 e. The molecule has 1 unspecified atom stereocenters. The number of carbonyl (C=O) groups is 1. The third kappa shape index (κ3) is 3.80. The summed E-state index contributed by atoms with van der Waals surface area (Å²) in [6.07, 6.45) is 0.0185. The lowest BCUT2D eigenvalue weighted by atomic mass is 10.2. The van der Waals surface area contributed by atoms with Gasteiger partial charge in [-0.25, -0.2) is 9.48 Å². The second-order valence-corrected chi connectivity index (χ2v) is 4.74. The monoisotopic (exact) mass is 255 g/mol. The molecule has 0 bridgehead atoms. The first-order valence-corrected chi connectivity index (χ1v) is 6.05. The molecule has 6 heteroatoms. The molecule has 0 aromatic carbocycles. The van der Waals surface area contributed by atoms with Crippen molar-refractivity contribution in [2.75, 3.05) is 13.7 Å². The fourth-order valence-electron chi connectivity index (χ4n) is 1.35. The van der Waals surface area contributed by atoms with Crippen molar-refractivity contribution in [1.29, 1.82) is 0 Å². The first-order valence-electron chi connectivity index (χ1n) is 6.05. The number of ether oxygens (including phenoxy) is 2. The molecular formula is C12H21N3O3. The molecule has 0 spiro atoms. The fraction of sp³-hybridized carbons (Fsp3) is 0.750. The molecule has 1 heterocycles. The van der Waals surface area contributed by atoms with E-state index in [4.69, 9.17) is 9.47 Å². The Morgan fingerprint density at radius 2 is 2.06 bits per heavy atom. The Morgan fingerprint density at radius 1 is 1.39 bits per heavy atom. The second-order valence-electron chi connectivity index (χ2n) is 4.74. The molecular weight excluding hydrogens is 234 g/mol. The van der Waals surface area contributed by atoms with Crippen LogP contribution in [0.25, 0.3) is 0 Å². The van der Waals surface area contributed by atoms with E-state index in [2.05, 4.69) is 10.3 Å². The van der Waals surface area contributed by atoms with Gasteiger partial charge in [0, 0.05) is 7.11 Å². The molecule has 0 fully saturated rings. The van der Waals surface area contributed by atoms with Gasteiger partial charge in [-0.2, -0.15) is 0 Å². The van der Waals surface area contributed by atoms with Gasteiger partial charge >= 0.3 is 5.97 Å². The molecule has 1 atom stereocenters. The molecule has 1 aromatic heterocycles. The van der Waals surface area contributed by atoms with Crippen LogP contribution in [0.3, 0.4) is 0 Å². The molecule has 0 saturated heterocycles. The summed E-state index contributed by atoms with van der Waals surface area (Å²) in [5.74, 6) is -0.115. The molecule has 0 saturated carbocycles. The van der Waals surface area contributed by atoms with Crippen molar-refractivity contribution in [3.8, 4) is 0 Å². The summed E-state index contributed by atoms with van der Waals surface area (Å²) < 4.78 is 11.9. The summed E-state index contributed by atoms with van der Waals surface area (Å²) in [6, 6.07) is 0. The van der Waals surface area contributed by atoms with Gasteiger partial charge in [-0.1, -0.05) is 19.1 Å². The van der Waals surface area contributed by atoms with Crippen molar-refractivity contribution in [2.24, 2.45) is 5.92 Å². The van der Waals surface area contributed by atoms with E-state index in [1.807, 2.05) is 20.8 Å². The van der Waals surface area contributed by atoms with Gasteiger partial charge in [-0.3, -0.25) is 0 Å². The highest BCUT2D eigenvalue weighted by Gasteiger charge is 2.19. The average molecular weight is 255 g/mol. The van der Waals surface area contributed by atoms with Crippen LogP contribution >= 0.6 is 0 Å². The highest BCUT2D eigenvalue weighted by atomic mass is 16.5. The van der Waals surface area contributed by atoms with Gasteiger partial charge in [-0.05, 0) is 19.8 Å². The standard InChI is InChI=1S/C12H21N3O3/c1-8(2)7-18-12(16)11-10(4)15(14-13-11)6-9(3)17-5/h8-9H,6-7H2,1-5H3. The van der Waals surface area contributed by atoms with Gasteiger partial charge in [0.15, 0.2) is 5.69 Å². The van der Waals surface area contributed by atoms with E-state index >= 15 is 0 Å². The minimum Gasteiger partial charge on any atom is -0.461 e. The molecule has 0 aliphatic rings. The van der Waals surface area contributed by atoms with Crippen LogP contribution in [0.1, 0.15) is 37.0 Å². The van der Waals surface area contributed by atoms with Crippen LogP contribution in [0.15, 0.2) is 0 Å². The Labute approximate surface area is 107 Å². The zero-order valence-electron chi connectivity index (χ0n) is 11.6. The zero-order chi connectivity index (χ0) is 13.7. The van der Waals surface area contributed by atoms with Gasteiger partial charge in [0.1, 0.15) is 0 Å². The smallest absolute Gasteiger partial charge is 0.360 e. The molecule has 0 N–H and O–H groups in total. The molecule has 18 heavy (non-hydrogen) atoms. The maximum Gasteiger partial charge on any atom is 0.360 e. The predicted molar refractivity (Wildman–Crippen MR) is 66.4 cm³/mol. The van der Waals surface area contributed by atoms with E-state index in [1.54, 1.807) is 18.7 Å². The molecule has 0 aliphatic heterocycles. The zero-order valence-corrected chi connectivity index (χ0v) is 11.6. The maximum absolute atomic E-state index is 11.8. The number of rotatable bonds is 6. The molecule has 1 rings (SSSR count). The van der Waals surface area contributed by atoms with Crippen LogP contribution in [-0.4, -0.2) is 40.8 Å². The summed E-state index contributed by atoms with van der Waals surface area (Å²) in [5.41, 5.74) is 0.978. The van der Waals surface area contributed by atoms with Crippen LogP contribution < -0.4 is 0 Å². The average Bonchev–Trinajstić information content (AvgIpc) is 2.68. The van der Waals surface area contributed by atoms with E-state index in [1.165, 1.54) is 0 Å². The van der Waals surface area contributed by atoms with Crippen molar-refractivity contribution in [2.45, 2.75) is 40.3 Å². The number of methoxy groups -OCH3 is 1. The van der Waals surface area contributed by atoms with Gasteiger partial charge in [-0.15, -0.1) is 5.10 Å². The van der Waals surface area contributed by atoms with Crippen LogP contribution in [0, 0.1) is 12.8 Å². The Hall–Kier alpha value is -1.43. The summed E-state index contributed by atoms with van der Waals surface area (Å²) in [6.45, 7) is 8.65. The first kappa shape index (κ1) is 14.6. The van der Waals surface area contributed by atoms with Gasteiger partial charge in [0.25, 0.3) is 0 Å². The summed E-state index contributed by atoms with van der Waals surface area (Å²) in [5, 5.41) is 7.80. The normalized spacial score (nSPS) is 12.8. The summed E-state index contributed by atoms with van der Waals surface area (Å²) >= 11 is 0. The topological polar surface area (TPSA) is 66.2 Å². The first-order chi connectivity index (χ1) is 8.45. The minimum absolute atomic E-state index is 0.0185. The number of esters is 1. The number of carbonyl (C=O) groups excluding carboxylic acids is 1. The number of hydrogen-bond acceptors (Lipinski definition) is 5. The van der Waals surface area contributed by atoms with Crippen LogP contribution in [0.2, 0.25) is 0 Å². The van der Waals surface area contributed by atoms with Crippen molar-refractivity contribution >= 4 is 5.97 Å². The summed E-state index contributed by atoms with van der Waals surface area (Å²) in [7, 11) is 1.63. The van der Waals surface area contributed by atoms with Crippen LogP contribution in [0.5, 0.6) is 0 Å². The fourth-order valence-corrected chi connectivity index (χ4v) is 1.35. The van der Waals surface area contributed by atoms with Gasteiger partial charge < -0.3 is 9.47 Å². The lowest BCUT2D eigenvalue weighted by molar-refractivity contribution is 0.0450. The molecule has 0 aliphatic carbocycles. The highest BCUT2D eigenvalue weighted by molar-refractivity contribution is 5.88. The minimum atomic E-state index is -0.419. The third-order valence-corrected chi connectivity index (χ3v) is 2.56. The lowest BCUT2D eigenvalue weighted by Gasteiger charge is -2.10. The lowest BCUT2D eigenvalue weighted by Crippen LogP contribution is -2.17. The highest BCUT2D eigenvalue weighted by Crippen LogP contribution is 2.08. The molecule has 102 valence electrons. The molecule has 0 radical (unpaired) electrons. The van der Waals surface area contributed by atoms with E-state index in [0.29, 0.717) is 24.8 Å². The number of aromatic nitrogens is 3. The van der Waals surface area contributed by atoms with E-state index < -0.39 is 5.97 Å². The van der Waals surface area contributed by atoms with Crippen LogP contribution in [0.4, 0.5) is 0 Å². The Balaban J connectivity index is 2.70. The van der Waals surface area contributed by atoms with Crippen molar-refractivity contribution in [1.82, 2.24) is 15.0 Å². The van der Waals surface area contributed by atoms with Crippen molar-refractivity contribution in [3.63, 3.8) is 0 Å². The molecule has 6 nitrogen and oxygen atoms in total. The maximum atomic E-state index is 11.8. The quantitative estimate of drug-likeness (QED) is 0.719. The SMILES string of the molecule is COC(C)Cn1nnc(C(=O)OCC(C)C)c1C. The molecule has 1 aromatic rings. The summed E-state index contributed by atoms with van der Waals surface area (Å²) in [4.78, 5) is 11.8. The van der Waals surface area contributed by atoms with Crippen molar-refractivity contribution in [3.05, 3.63) is 11.4 Å². The predicted octanol–water partition coefficient (Wildman–Crippen LogP) is 1.43. The number of nitrogens with zero attached hydrogens (tertiary/aromatic N) is 3. The van der Waals surface area contributed by atoms with Crippen LogP contribution in [-0.2, 0) is 16.0 Å². The number of hydrogen-bond donors (Lipinski definition) is 0. The van der Waals surface area contributed by atoms with Crippen molar-refractivity contribution < 1.29 is 14.3 Å². The van der Waals surface area contributed by atoms with Gasteiger partial charge in [0.05, 0.1) is 24.9 Å². The van der Waals surface area contributed by atoms with E-state index in [-0.39, 0.29) is 11.8 Å². The van der Waals surface area contributed by atoms with Gasteiger partial charge in [0.2, 0.25) is 0 Å². The second kappa shape index (κ2) is 6.49. The van der Waals surface area contributed by atoms with E-state index in [0.717, 1.165) is 0 Å². The third-order valence-electron chi connectivity index (χ3n) is 2.56. The Morgan fingerprint density at radius 3 is 2.61 bits per heavy atom.